The number of rotatable bonds is 5. The Balaban J connectivity index is 1.71. The molecule has 1 fully saturated rings. The van der Waals surface area contributed by atoms with Crippen LogP contribution in [0, 0.1) is 0 Å². The van der Waals surface area contributed by atoms with E-state index in [0.29, 0.717) is 6.61 Å². The summed E-state index contributed by atoms with van der Waals surface area (Å²) in [7, 11) is 0. The molecule has 0 aliphatic carbocycles. The van der Waals surface area contributed by atoms with Crippen LogP contribution in [0.1, 0.15) is 12.8 Å². The van der Waals surface area contributed by atoms with Gasteiger partial charge in [0.25, 0.3) is 0 Å². The summed E-state index contributed by atoms with van der Waals surface area (Å²) in [6.07, 6.45) is 2.21. The van der Waals surface area contributed by atoms with Crippen molar-refractivity contribution in [2.45, 2.75) is 18.9 Å². The lowest BCUT2D eigenvalue weighted by atomic mass is 10.3. The molecule has 1 atom stereocenters. The summed E-state index contributed by atoms with van der Waals surface area (Å²) in [5.74, 6) is 0.809. The average molecular weight is 301 g/mol. The van der Waals surface area contributed by atoms with Gasteiger partial charge in [0.15, 0.2) is 0 Å². The minimum atomic E-state index is -0.369. The molecule has 0 aromatic heterocycles. The number of nitrogens with one attached hydrogen (secondary N) is 1. The molecular weight excluding hydrogens is 282 g/mol. The lowest BCUT2D eigenvalue weighted by molar-refractivity contribution is -0.890. The van der Waals surface area contributed by atoms with Crippen molar-refractivity contribution in [3.05, 3.63) is 28.7 Å². The van der Waals surface area contributed by atoms with Gasteiger partial charge < -0.3 is 14.7 Å². The zero-order chi connectivity index (χ0) is 12.1. The normalized spacial score (nSPS) is 18.2. The molecule has 1 aromatic rings. The van der Waals surface area contributed by atoms with E-state index in [0.717, 1.165) is 16.8 Å². The molecule has 1 aromatic carbocycles. The summed E-state index contributed by atoms with van der Waals surface area (Å²) in [4.78, 5) is 1.50. The molecule has 0 bridgehead atoms. The summed E-state index contributed by atoms with van der Waals surface area (Å²) in [5.41, 5.74) is 0. The van der Waals surface area contributed by atoms with Crippen molar-refractivity contribution >= 4 is 15.9 Å². The van der Waals surface area contributed by atoms with Gasteiger partial charge in [-0.05, 0) is 24.3 Å². The van der Waals surface area contributed by atoms with Crippen LogP contribution in [0.2, 0.25) is 0 Å². The zero-order valence-corrected chi connectivity index (χ0v) is 11.4. The van der Waals surface area contributed by atoms with E-state index in [1.165, 1.54) is 30.8 Å². The first-order valence-electron chi connectivity index (χ1n) is 6.14. The first-order valence-corrected chi connectivity index (χ1v) is 6.93. The molecule has 1 heterocycles. The second-order valence-corrected chi connectivity index (χ2v) is 5.50. The van der Waals surface area contributed by atoms with Gasteiger partial charge in [0, 0.05) is 17.3 Å². The van der Waals surface area contributed by atoms with E-state index in [9.17, 15) is 5.11 Å². The Bertz CT molecular complexity index is 336. The van der Waals surface area contributed by atoms with Crippen LogP contribution in [0.4, 0.5) is 0 Å². The minimum Gasteiger partial charge on any atom is -0.491 e. The van der Waals surface area contributed by atoms with Crippen LogP contribution in [0.5, 0.6) is 5.75 Å². The molecule has 0 spiro atoms. The number of hydrogen-bond acceptors (Lipinski definition) is 2. The monoisotopic (exact) mass is 300 g/mol. The topological polar surface area (TPSA) is 33.9 Å². The average Bonchev–Trinajstić information content (AvgIpc) is 2.81. The fraction of sp³-hybridized carbons (Fsp3) is 0.538. The van der Waals surface area contributed by atoms with Gasteiger partial charge in [0.05, 0.1) is 13.1 Å². The van der Waals surface area contributed by atoms with Crippen molar-refractivity contribution in [1.82, 2.24) is 0 Å². The standard InChI is InChI=1S/C13H18BrNO2/c14-11-3-5-13(6-4-11)17-10-12(16)9-15-7-1-2-8-15/h3-6,12,16H,1-2,7-10H2/p+1/t12-/m1/s1. The molecule has 0 saturated carbocycles. The highest BCUT2D eigenvalue weighted by atomic mass is 79.9. The first-order chi connectivity index (χ1) is 8.24. The van der Waals surface area contributed by atoms with Crippen molar-refractivity contribution in [1.29, 1.82) is 0 Å². The molecule has 3 nitrogen and oxygen atoms in total. The lowest BCUT2D eigenvalue weighted by Gasteiger charge is -2.17. The smallest absolute Gasteiger partial charge is 0.137 e. The van der Waals surface area contributed by atoms with Gasteiger partial charge in [0.1, 0.15) is 25.0 Å². The van der Waals surface area contributed by atoms with Crippen molar-refractivity contribution in [3.63, 3.8) is 0 Å². The van der Waals surface area contributed by atoms with Crippen LogP contribution in [0.15, 0.2) is 28.7 Å². The second kappa shape index (κ2) is 6.38. The molecule has 2 N–H and O–H groups in total. The number of halogens is 1. The predicted octanol–water partition coefficient (Wildman–Crippen LogP) is 0.868. The number of likely N-dealkylation sites (tertiary alicyclic amines) is 1. The van der Waals surface area contributed by atoms with Gasteiger partial charge in [-0.15, -0.1) is 0 Å². The van der Waals surface area contributed by atoms with Crippen LogP contribution in [0.25, 0.3) is 0 Å². The summed E-state index contributed by atoms with van der Waals surface area (Å²) >= 11 is 3.38. The fourth-order valence-corrected chi connectivity index (χ4v) is 2.46. The highest BCUT2D eigenvalue weighted by Gasteiger charge is 2.19. The molecule has 1 saturated heterocycles. The fourth-order valence-electron chi connectivity index (χ4n) is 2.19. The van der Waals surface area contributed by atoms with Crippen molar-refractivity contribution in [2.24, 2.45) is 0 Å². The van der Waals surface area contributed by atoms with Crippen LogP contribution in [-0.4, -0.2) is 37.5 Å². The molecule has 94 valence electrons. The summed E-state index contributed by atoms with van der Waals surface area (Å²) in [6, 6.07) is 7.68. The Hall–Kier alpha value is -0.580. The van der Waals surface area contributed by atoms with Gasteiger partial charge in [-0.2, -0.15) is 0 Å². The summed E-state index contributed by atoms with van der Waals surface area (Å²) < 4.78 is 6.58. The molecule has 1 aliphatic heterocycles. The molecule has 4 heteroatoms. The third kappa shape index (κ3) is 4.30. The van der Waals surface area contributed by atoms with Crippen LogP contribution in [-0.2, 0) is 0 Å². The van der Waals surface area contributed by atoms with Crippen molar-refractivity contribution < 1.29 is 14.7 Å². The summed E-state index contributed by atoms with van der Waals surface area (Å²) in [5, 5.41) is 9.87. The maximum absolute atomic E-state index is 9.87. The number of ether oxygens (including phenoxy) is 1. The van der Waals surface area contributed by atoms with E-state index in [1.807, 2.05) is 24.3 Å². The largest absolute Gasteiger partial charge is 0.491 e. The molecule has 0 unspecified atom stereocenters. The maximum atomic E-state index is 9.87. The Morgan fingerprint density at radius 3 is 2.53 bits per heavy atom. The molecule has 17 heavy (non-hydrogen) atoms. The Kier molecular flexibility index (Phi) is 4.83. The van der Waals surface area contributed by atoms with E-state index in [1.54, 1.807) is 0 Å². The van der Waals surface area contributed by atoms with Gasteiger partial charge in [0.2, 0.25) is 0 Å². The summed E-state index contributed by atoms with van der Waals surface area (Å²) in [6.45, 7) is 3.56. The quantitative estimate of drug-likeness (QED) is 0.846. The Morgan fingerprint density at radius 1 is 1.24 bits per heavy atom. The van der Waals surface area contributed by atoms with E-state index < -0.39 is 0 Å². The Morgan fingerprint density at radius 2 is 1.88 bits per heavy atom. The zero-order valence-electron chi connectivity index (χ0n) is 9.86. The van der Waals surface area contributed by atoms with Crippen molar-refractivity contribution in [2.75, 3.05) is 26.2 Å². The van der Waals surface area contributed by atoms with Crippen molar-refractivity contribution in [3.8, 4) is 5.75 Å². The molecule has 0 radical (unpaired) electrons. The molecule has 2 rings (SSSR count). The van der Waals surface area contributed by atoms with Gasteiger partial charge in [-0.3, -0.25) is 0 Å². The SMILES string of the molecule is O[C@@H](COc1ccc(Br)cc1)C[NH+]1CCCC1. The first kappa shape index (κ1) is 12.9. The predicted molar refractivity (Wildman–Crippen MR) is 70.4 cm³/mol. The van der Waals surface area contributed by atoms with Gasteiger partial charge >= 0.3 is 0 Å². The molecule has 0 amide bonds. The van der Waals surface area contributed by atoms with Gasteiger partial charge in [-0.25, -0.2) is 0 Å². The third-order valence-corrected chi connectivity index (χ3v) is 3.62. The van der Waals surface area contributed by atoms with E-state index in [-0.39, 0.29) is 6.10 Å². The number of aliphatic hydroxyl groups is 1. The number of aliphatic hydroxyl groups excluding tert-OH is 1. The molecule has 1 aliphatic rings. The van der Waals surface area contributed by atoms with E-state index in [2.05, 4.69) is 15.9 Å². The third-order valence-electron chi connectivity index (χ3n) is 3.09. The van der Waals surface area contributed by atoms with E-state index in [4.69, 9.17) is 4.74 Å². The number of hydrogen-bond donors (Lipinski definition) is 2. The van der Waals surface area contributed by atoms with E-state index >= 15 is 0 Å². The van der Waals surface area contributed by atoms with Crippen LogP contribution in [0.3, 0.4) is 0 Å². The Labute approximate surface area is 111 Å². The second-order valence-electron chi connectivity index (χ2n) is 4.58. The highest BCUT2D eigenvalue weighted by Crippen LogP contribution is 2.16. The number of benzene rings is 1. The van der Waals surface area contributed by atoms with Crippen LogP contribution >= 0.6 is 15.9 Å². The number of quaternary nitrogens is 1. The minimum absolute atomic E-state index is 0.369. The van der Waals surface area contributed by atoms with Gasteiger partial charge in [-0.1, -0.05) is 15.9 Å². The lowest BCUT2D eigenvalue weighted by Crippen LogP contribution is -3.11. The molecular formula is C13H19BrNO2+. The highest BCUT2D eigenvalue weighted by molar-refractivity contribution is 9.10. The van der Waals surface area contributed by atoms with Crippen LogP contribution < -0.4 is 9.64 Å². The maximum Gasteiger partial charge on any atom is 0.137 e.